The van der Waals surface area contributed by atoms with Crippen molar-refractivity contribution in [3.63, 3.8) is 0 Å². The SMILES string of the molecule is O=C1C(Cc2ccc(C(F)(F)F)cn2)=CC(=O)c2c(F)cccc21. The zero-order valence-corrected chi connectivity index (χ0v) is 12.0. The lowest BCUT2D eigenvalue weighted by atomic mass is 9.87. The molecule has 1 aromatic carbocycles. The molecule has 0 radical (unpaired) electrons. The summed E-state index contributed by atoms with van der Waals surface area (Å²) >= 11 is 0. The third-order valence-electron chi connectivity index (χ3n) is 3.63. The number of benzene rings is 1. The molecular formula is C17H9F4NO2. The second kappa shape index (κ2) is 5.67. The number of pyridine rings is 1. The van der Waals surface area contributed by atoms with Crippen molar-refractivity contribution in [2.24, 2.45) is 0 Å². The number of aromatic nitrogens is 1. The second-order valence-corrected chi connectivity index (χ2v) is 5.24. The van der Waals surface area contributed by atoms with E-state index in [4.69, 9.17) is 0 Å². The fourth-order valence-electron chi connectivity index (χ4n) is 2.46. The van der Waals surface area contributed by atoms with Crippen molar-refractivity contribution in [3.05, 3.63) is 76.4 Å². The van der Waals surface area contributed by atoms with Crippen LogP contribution in [0.1, 0.15) is 32.0 Å². The number of alkyl halides is 3. The van der Waals surface area contributed by atoms with Crippen LogP contribution in [-0.2, 0) is 12.6 Å². The van der Waals surface area contributed by atoms with Gasteiger partial charge in [0.2, 0.25) is 0 Å². The highest BCUT2D eigenvalue weighted by atomic mass is 19.4. The predicted octanol–water partition coefficient (Wildman–Crippen LogP) is 3.79. The lowest BCUT2D eigenvalue weighted by molar-refractivity contribution is -0.137. The summed E-state index contributed by atoms with van der Waals surface area (Å²) in [4.78, 5) is 28.0. The van der Waals surface area contributed by atoms with Gasteiger partial charge in [0.05, 0.1) is 11.1 Å². The molecule has 24 heavy (non-hydrogen) atoms. The Kier molecular flexibility index (Phi) is 3.79. The van der Waals surface area contributed by atoms with Crippen LogP contribution in [0.2, 0.25) is 0 Å². The second-order valence-electron chi connectivity index (χ2n) is 5.24. The van der Waals surface area contributed by atoms with Crippen molar-refractivity contribution in [2.75, 3.05) is 0 Å². The van der Waals surface area contributed by atoms with Crippen LogP contribution in [0.25, 0.3) is 0 Å². The minimum atomic E-state index is -4.50. The number of ketones is 2. The average Bonchev–Trinajstić information content (AvgIpc) is 2.52. The van der Waals surface area contributed by atoms with Gasteiger partial charge in [0.25, 0.3) is 0 Å². The highest BCUT2D eigenvalue weighted by molar-refractivity contribution is 6.24. The summed E-state index contributed by atoms with van der Waals surface area (Å²) in [6, 6.07) is 5.74. The Hall–Kier alpha value is -2.83. The number of hydrogen-bond donors (Lipinski definition) is 0. The minimum absolute atomic E-state index is 0.0515. The maximum atomic E-state index is 13.7. The Balaban J connectivity index is 1.89. The van der Waals surface area contributed by atoms with Gasteiger partial charge in [0, 0.05) is 29.4 Å². The number of allylic oxidation sites excluding steroid dienone is 2. The van der Waals surface area contributed by atoms with Crippen LogP contribution in [0.4, 0.5) is 17.6 Å². The molecule has 3 nitrogen and oxygen atoms in total. The monoisotopic (exact) mass is 335 g/mol. The van der Waals surface area contributed by atoms with E-state index in [9.17, 15) is 27.2 Å². The van der Waals surface area contributed by atoms with Gasteiger partial charge in [0.15, 0.2) is 11.6 Å². The van der Waals surface area contributed by atoms with E-state index < -0.39 is 29.1 Å². The van der Waals surface area contributed by atoms with Gasteiger partial charge in [-0.2, -0.15) is 13.2 Å². The van der Waals surface area contributed by atoms with E-state index >= 15 is 0 Å². The van der Waals surface area contributed by atoms with E-state index in [1.807, 2.05) is 0 Å². The highest BCUT2D eigenvalue weighted by Crippen LogP contribution is 2.29. The van der Waals surface area contributed by atoms with Crippen molar-refractivity contribution in [2.45, 2.75) is 12.6 Å². The van der Waals surface area contributed by atoms with Gasteiger partial charge in [0.1, 0.15) is 5.82 Å². The molecule has 2 aromatic rings. The van der Waals surface area contributed by atoms with E-state index in [-0.39, 0.29) is 28.8 Å². The van der Waals surface area contributed by atoms with Crippen LogP contribution >= 0.6 is 0 Å². The third kappa shape index (κ3) is 2.84. The maximum absolute atomic E-state index is 13.7. The maximum Gasteiger partial charge on any atom is 0.417 e. The normalized spacial score (nSPS) is 14.4. The van der Waals surface area contributed by atoms with Gasteiger partial charge < -0.3 is 0 Å². The van der Waals surface area contributed by atoms with Crippen LogP contribution in [-0.4, -0.2) is 16.6 Å². The summed E-state index contributed by atoms with van der Waals surface area (Å²) < 4.78 is 51.2. The summed E-state index contributed by atoms with van der Waals surface area (Å²) in [6.45, 7) is 0. The van der Waals surface area contributed by atoms with Gasteiger partial charge in [-0.15, -0.1) is 0 Å². The number of carbonyl (C=O) groups excluding carboxylic acids is 2. The molecule has 1 aliphatic rings. The first kappa shape index (κ1) is 16.0. The fourth-order valence-corrected chi connectivity index (χ4v) is 2.46. The smallest absolute Gasteiger partial charge is 0.289 e. The molecule has 0 N–H and O–H groups in total. The minimum Gasteiger partial charge on any atom is -0.289 e. The molecule has 7 heteroatoms. The highest BCUT2D eigenvalue weighted by Gasteiger charge is 2.31. The summed E-state index contributed by atoms with van der Waals surface area (Å²) in [5, 5.41) is 0. The van der Waals surface area contributed by atoms with Crippen LogP contribution in [0.15, 0.2) is 48.2 Å². The van der Waals surface area contributed by atoms with Crippen molar-refractivity contribution < 1.29 is 27.2 Å². The lowest BCUT2D eigenvalue weighted by Crippen LogP contribution is -2.20. The molecule has 1 aliphatic carbocycles. The first-order chi connectivity index (χ1) is 11.3. The van der Waals surface area contributed by atoms with Crippen LogP contribution in [0.3, 0.4) is 0 Å². The van der Waals surface area contributed by atoms with Gasteiger partial charge in [-0.3, -0.25) is 14.6 Å². The molecule has 1 aromatic heterocycles. The Morgan fingerprint density at radius 2 is 1.79 bits per heavy atom. The molecule has 0 amide bonds. The Morgan fingerprint density at radius 3 is 2.42 bits per heavy atom. The topological polar surface area (TPSA) is 47.0 Å². The fraction of sp³-hybridized carbons (Fsp3) is 0.118. The third-order valence-corrected chi connectivity index (χ3v) is 3.63. The average molecular weight is 335 g/mol. The van der Waals surface area contributed by atoms with Gasteiger partial charge in [-0.05, 0) is 24.3 Å². The number of hydrogen-bond acceptors (Lipinski definition) is 3. The first-order valence-corrected chi connectivity index (χ1v) is 6.87. The molecular weight excluding hydrogens is 326 g/mol. The molecule has 0 spiro atoms. The number of fused-ring (bicyclic) bond motifs is 1. The van der Waals surface area contributed by atoms with Gasteiger partial charge >= 0.3 is 6.18 Å². The van der Waals surface area contributed by atoms with E-state index in [0.717, 1.165) is 24.3 Å². The Morgan fingerprint density at radius 1 is 1.04 bits per heavy atom. The molecule has 3 rings (SSSR count). The van der Waals surface area contributed by atoms with Crippen LogP contribution in [0.5, 0.6) is 0 Å². The molecule has 0 atom stereocenters. The molecule has 1 heterocycles. The number of nitrogens with zero attached hydrogens (tertiary/aromatic N) is 1. The Labute approximate surface area is 133 Å². The van der Waals surface area contributed by atoms with Crippen molar-refractivity contribution in [1.29, 1.82) is 0 Å². The summed E-state index contributed by atoms with van der Waals surface area (Å²) in [5.74, 6) is -1.97. The van der Waals surface area contributed by atoms with Crippen molar-refractivity contribution >= 4 is 11.6 Å². The molecule has 0 unspecified atom stereocenters. The standard InChI is InChI=1S/C17H9F4NO2/c18-13-3-1-2-12-15(13)14(23)7-9(16(12)24)6-11-5-4-10(8-22-11)17(19,20)21/h1-5,7-8H,6H2. The van der Waals surface area contributed by atoms with Crippen molar-refractivity contribution in [3.8, 4) is 0 Å². The zero-order chi connectivity index (χ0) is 17.5. The van der Waals surface area contributed by atoms with E-state index in [1.54, 1.807) is 0 Å². The molecule has 0 fully saturated rings. The lowest BCUT2D eigenvalue weighted by Gasteiger charge is -2.15. The molecule has 0 saturated heterocycles. The van der Waals surface area contributed by atoms with Gasteiger partial charge in [-0.1, -0.05) is 12.1 Å². The first-order valence-electron chi connectivity index (χ1n) is 6.87. The quantitative estimate of drug-likeness (QED) is 0.785. The number of halogens is 4. The number of Topliss-reactive ketones (excluding diaryl/α,β-unsaturated/α-hetero) is 1. The molecule has 0 saturated carbocycles. The number of rotatable bonds is 2. The largest absolute Gasteiger partial charge is 0.417 e. The zero-order valence-electron chi connectivity index (χ0n) is 12.0. The number of carbonyl (C=O) groups is 2. The predicted molar refractivity (Wildman–Crippen MR) is 76.1 cm³/mol. The Bertz CT molecular complexity index is 867. The van der Waals surface area contributed by atoms with E-state index in [1.165, 1.54) is 12.1 Å². The summed E-state index contributed by atoms with van der Waals surface area (Å²) in [6.07, 6.45) is -2.94. The van der Waals surface area contributed by atoms with Crippen LogP contribution in [0, 0.1) is 5.82 Å². The van der Waals surface area contributed by atoms with E-state index in [2.05, 4.69) is 4.98 Å². The van der Waals surface area contributed by atoms with Gasteiger partial charge in [-0.25, -0.2) is 4.39 Å². The van der Waals surface area contributed by atoms with Crippen LogP contribution < -0.4 is 0 Å². The molecule has 0 aliphatic heterocycles. The van der Waals surface area contributed by atoms with E-state index in [0.29, 0.717) is 6.20 Å². The summed E-state index contributed by atoms with van der Waals surface area (Å²) in [5.41, 5.74) is -0.977. The van der Waals surface area contributed by atoms with Crippen molar-refractivity contribution in [1.82, 2.24) is 4.98 Å². The molecule has 122 valence electrons. The molecule has 0 bridgehead atoms. The summed E-state index contributed by atoms with van der Waals surface area (Å²) in [7, 11) is 0.